The number of thioether (sulfide) groups is 1. The van der Waals surface area contributed by atoms with Crippen LogP contribution in [-0.2, 0) is 25.7 Å². The Bertz CT molecular complexity index is 519. The minimum absolute atomic E-state index is 0.0898. The molecular formula is C14H15NO6S. The van der Waals surface area contributed by atoms with Crippen molar-refractivity contribution < 1.29 is 29.0 Å². The summed E-state index contributed by atoms with van der Waals surface area (Å²) in [5.41, 5.74) is 0.823. The van der Waals surface area contributed by atoms with E-state index < -0.39 is 18.3 Å². The second kappa shape index (κ2) is 10.3. The maximum absolute atomic E-state index is 11.6. The van der Waals surface area contributed by atoms with Gasteiger partial charge in [-0.05, 0) is 11.0 Å². The molecular weight excluding hydrogens is 310 g/mol. The van der Waals surface area contributed by atoms with Crippen LogP contribution in [0.4, 0.5) is 4.79 Å². The molecule has 1 rings (SSSR count). The number of carbonyl (C=O) groups is 3. The number of rotatable bonds is 9. The summed E-state index contributed by atoms with van der Waals surface area (Å²) < 4.78 is 9.66. The molecule has 0 aliphatic carbocycles. The van der Waals surface area contributed by atoms with Crippen LogP contribution in [0.25, 0.3) is 0 Å². The lowest BCUT2D eigenvalue weighted by Gasteiger charge is -2.15. The summed E-state index contributed by atoms with van der Waals surface area (Å²) in [6.45, 7) is 0.288. The zero-order valence-electron chi connectivity index (χ0n) is 11.5. The maximum atomic E-state index is 11.6. The van der Waals surface area contributed by atoms with Gasteiger partial charge in [-0.3, -0.25) is 10.1 Å². The number of carbonyl (C=O) groups excluding carboxylic acids is 2. The van der Waals surface area contributed by atoms with Crippen molar-refractivity contribution >= 4 is 30.3 Å². The molecule has 0 radical (unpaired) electrons. The zero-order chi connectivity index (χ0) is 16.2. The fourth-order valence-corrected chi connectivity index (χ4v) is 1.99. The van der Waals surface area contributed by atoms with Crippen LogP contribution < -0.4 is 5.32 Å². The predicted molar refractivity (Wildman–Crippen MR) is 79.9 cm³/mol. The van der Waals surface area contributed by atoms with Crippen LogP contribution in [0.15, 0.2) is 41.8 Å². The molecule has 1 aromatic rings. The standard InChI is InChI=1S/C14H15NO6S/c16-10-21-12(9-22-7-6-13(17)18)15-14(19)20-8-11-4-2-1-3-5-11/h1-7,10,12H,8-9H2,(H,15,19)(H,17,18)/b7-6+. The van der Waals surface area contributed by atoms with Gasteiger partial charge in [0.2, 0.25) is 0 Å². The van der Waals surface area contributed by atoms with Crippen LogP contribution in [0.3, 0.4) is 0 Å². The van der Waals surface area contributed by atoms with Gasteiger partial charge in [0.05, 0.1) is 5.75 Å². The summed E-state index contributed by atoms with van der Waals surface area (Å²) in [4.78, 5) is 32.3. The van der Waals surface area contributed by atoms with E-state index in [9.17, 15) is 14.4 Å². The predicted octanol–water partition coefficient (Wildman–Crippen LogP) is 1.74. The number of ether oxygens (including phenoxy) is 2. The second-order valence-corrected chi connectivity index (χ2v) is 4.84. The highest BCUT2D eigenvalue weighted by Gasteiger charge is 2.13. The number of alkyl carbamates (subject to hydrolysis) is 1. The Morgan fingerprint density at radius 3 is 2.68 bits per heavy atom. The molecule has 1 aromatic carbocycles. The summed E-state index contributed by atoms with van der Waals surface area (Å²) in [6.07, 6.45) is -0.709. The van der Waals surface area contributed by atoms with Crippen LogP contribution in [0.1, 0.15) is 5.56 Å². The average molecular weight is 325 g/mol. The lowest BCUT2D eigenvalue weighted by Crippen LogP contribution is -2.38. The van der Waals surface area contributed by atoms with Crippen molar-refractivity contribution in [1.82, 2.24) is 5.32 Å². The number of nitrogens with one attached hydrogen (secondary N) is 1. The topological polar surface area (TPSA) is 102 Å². The summed E-state index contributed by atoms with van der Waals surface area (Å²) in [5.74, 6) is -0.932. The van der Waals surface area contributed by atoms with Crippen LogP contribution in [-0.4, -0.2) is 35.6 Å². The summed E-state index contributed by atoms with van der Waals surface area (Å²) in [5, 5.41) is 12.1. The first-order chi connectivity index (χ1) is 10.6. The van der Waals surface area contributed by atoms with Gasteiger partial charge in [0.1, 0.15) is 6.61 Å². The summed E-state index contributed by atoms with van der Waals surface area (Å²) >= 11 is 1.07. The van der Waals surface area contributed by atoms with Crippen molar-refractivity contribution in [3.05, 3.63) is 47.4 Å². The van der Waals surface area contributed by atoms with Gasteiger partial charge in [0.15, 0.2) is 6.23 Å². The lowest BCUT2D eigenvalue weighted by molar-refractivity contribution is -0.133. The van der Waals surface area contributed by atoms with E-state index in [1.807, 2.05) is 18.2 Å². The first-order valence-electron chi connectivity index (χ1n) is 6.19. The van der Waals surface area contributed by atoms with Gasteiger partial charge in [0, 0.05) is 6.08 Å². The quantitative estimate of drug-likeness (QED) is 0.405. The molecule has 7 nitrogen and oxygen atoms in total. The molecule has 1 amide bonds. The molecule has 0 bridgehead atoms. The Kier molecular flexibility index (Phi) is 8.21. The van der Waals surface area contributed by atoms with Crippen LogP contribution in [0.2, 0.25) is 0 Å². The second-order valence-electron chi connectivity index (χ2n) is 3.90. The number of carboxylic acids is 1. The molecule has 0 saturated carbocycles. The van der Waals surface area contributed by atoms with Gasteiger partial charge in [-0.25, -0.2) is 9.59 Å². The zero-order valence-corrected chi connectivity index (χ0v) is 12.3. The maximum Gasteiger partial charge on any atom is 0.410 e. The summed E-state index contributed by atoms with van der Waals surface area (Å²) in [7, 11) is 0. The smallest absolute Gasteiger partial charge is 0.410 e. The molecule has 0 spiro atoms. The first kappa shape index (κ1) is 17.6. The fourth-order valence-electron chi connectivity index (χ4n) is 1.33. The molecule has 0 aliphatic heterocycles. The Hall–Kier alpha value is -2.48. The molecule has 0 aliphatic rings. The van der Waals surface area contributed by atoms with Gasteiger partial charge < -0.3 is 14.6 Å². The highest BCUT2D eigenvalue weighted by molar-refractivity contribution is 8.02. The molecule has 0 aromatic heterocycles. The van der Waals surface area contributed by atoms with E-state index in [-0.39, 0.29) is 18.8 Å². The number of amides is 1. The third kappa shape index (κ3) is 7.95. The van der Waals surface area contributed by atoms with E-state index >= 15 is 0 Å². The lowest BCUT2D eigenvalue weighted by atomic mass is 10.2. The number of carboxylic acid groups (broad SMARTS) is 1. The van der Waals surface area contributed by atoms with Gasteiger partial charge in [-0.15, -0.1) is 11.8 Å². The SMILES string of the molecule is O=COC(CS/C=C/C(=O)O)NC(=O)OCc1ccccc1. The third-order valence-corrected chi connectivity index (χ3v) is 3.09. The molecule has 1 unspecified atom stereocenters. The Labute approximate surface area is 131 Å². The van der Waals surface area contributed by atoms with Crippen LogP contribution in [0, 0.1) is 0 Å². The minimum atomic E-state index is -1.09. The normalized spacial score (nSPS) is 11.6. The van der Waals surface area contributed by atoms with E-state index in [0.29, 0.717) is 0 Å². The Morgan fingerprint density at radius 1 is 1.32 bits per heavy atom. The van der Waals surface area contributed by atoms with Crippen molar-refractivity contribution in [1.29, 1.82) is 0 Å². The van der Waals surface area contributed by atoms with Gasteiger partial charge in [-0.2, -0.15) is 0 Å². The van der Waals surface area contributed by atoms with Crippen molar-refractivity contribution in [2.75, 3.05) is 5.75 Å². The highest BCUT2D eigenvalue weighted by atomic mass is 32.2. The molecule has 1 atom stereocenters. The molecule has 0 fully saturated rings. The van der Waals surface area contributed by atoms with Crippen molar-refractivity contribution in [2.45, 2.75) is 12.8 Å². The van der Waals surface area contributed by atoms with E-state index in [1.54, 1.807) is 12.1 Å². The van der Waals surface area contributed by atoms with Crippen molar-refractivity contribution in [2.24, 2.45) is 0 Å². The van der Waals surface area contributed by atoms with E-state index in [1.165, 1.54) is 5.41 Å². The molecule has 8 heteroatoms. The van der Waals surface area contributed by atoms with Gasteiger partial charge in [-0.1, -0.05) is 30.3 Å². The fraction of sp³-hybridized carbons (Fsp3) is 0.214. The number of benzene rings is 1. The summed E-state index contributed by atoms with van der Waals surface area (Å²) in [6, 6.07) is 9.10. The van der Waals surface area contributed by atoms with E-state index in [0.717, 1.165) is 23.4 Å². The van der Waals surface area contributed by atoms with Crippen LogP contribution in [0.5, 0.6) is 0 Å². The molecule has 118 valence electrons. The number of hydrogen-bond acceptors (Lipinski definition) is 6. The van der Waals surface area contributed by atoms with E-state index in [4.69, 9.17) is 9.84 Å². The largest absolute Gasteiger partial charge is 0.478 e. The van der Waals surface area contributed by atoms with Crippen molar-refractivity contribution in [3.63, 3.8) is 0 Å². The number of hydrogen-bond donors (Lipinski definition) is 2. The minimum Gasteiger partial charge on any atom is -0.478 e. The number of aliphatic carboxylic acids is 1. The molecule has 0 heterocycles. The molecule has 2 N–H and O–H groups in total. The molecule has 22 heavy (non-hydrogen) atoms. The van der Waals surface area contributed by atoms with Crippen molar-refractivity contribution in [3.8, 4) is 0 Å². The molecule has 0 saturated heterocycles. The van der Waals surface area contributed by atoms with E-state index in [2.05, 4.69) is 10.1 Å². The third-order valence-electron chi connectivity index (χ3n) is 2.27. The Balaban J connectivity index is 2.36. The monoisotopic (exact) mass is 325 g/mol. The first-order valence-corrected chi connectivity index (χ1v) is 7.24. The van der Waals surface area contributed by atoms with Crippen LogP contribution >= 0.6 is 11.8 Å². The highest BCUT2D eigenvalue weighted by Crippen LogP contribution is 2.06. The average Bonchev–Trinajstić information content (AvgIpc) is 2.50. The van der Waals surface area contributed by atoms with Gasteiger partial charge in [0.25, 0.3) is 6.47 Å². The van der Waals surface area contributed by atoms with Gasteiger partial charge >= 0.3 is 12.1 Å². The Morgan fingerprint density at radius 2 is 2.05 bits per heavy atom.